The standard InChI is InChI=1S/C23H22N4O3/c24-20(13-26-23(29)19-14-30-21-4-2-1-3-18(19)21)15-5-7-16(8-6-15)22(28)27-17-9-11-25-12-10-17/h1-12,19-20H,13-14,24H2,(H,26,29)(H,25,27,28)/t19?,20-/m0/s1. The zero-order chi connectivity index (χ0) is 20.9. The van der Waals surface area contributed by atoms with Gasteiger partial charge in [0.05, 0.1) is 0 Å². The minimum Gasteiger partial charge on any atom is -0.492 e. The number of ether oxygens (including phenoxy) is 1. The molecule has 2 amide bonds. The van der Waals surface area contributed by atoms with Gasteiger partial charge in [-0.15, -0.1) is 0 Å². The number of amides is 2. The van der Waals surface area contributed by atoms with Crippen molar-refractivity contribution in [3.05, 3.63) is 89.7 Å². The zero-order valence-electron chi connectivity index (χ0n) is 16.2. The Bertz CT molecular complexity index is 1040. The molecule has 1 aliphatic heterocycles. The summed E-state index contributed by atoms with van der Waals surface area (Å²) in [6.07, 6.45) is 3.23. The molecule has 1 aliphatic rings. The van der Waals surface area contributed by atoms with Crippen molar-refractivity contribution in [3.8, 4) is 5.75 Å². The molecule has 3 aromatic rings. The maximum atomic E-state index is 12.6. The summed E-state index contributed by atoms with van der Waals surface area (Å²) in [6, 6.07) is 17.6. The number of carbonyl (C=O) groups is 2. The summed E-state index contributed by atoms with van der Waals surface area (Å²) in [5, 5.41) is 5.71. The highest BCUT2D eigenvalue weighted by Gasteiger charge is 2.30. The largest absolute Gasteiger partial charge is 0.492 e. The fraction of sp³-hybridized carbons (Fsp3) is 0.174. The van der Waals surface area contributed by atoms with Gasteiger partial charge in [-0.25, -0.2) is 0 Å². The van der Waals surface area contributed by atoms with Gasteiger partial charge < -0.3 is 21.1 Å². The first-order chi connectivity index (χ1) is 14.6. The number of para-hydroxylation sites is 1. The summed E-state index contributed by atoms with van der Waals surface area (Å²) in [4.78, 5) is 28.8. The number of hydrogen-bond acceptors (Lipinski definition) is 5. The molecule has 7 nitrogen and oxygen atoms in total. The van der Waals surface area contributed by atoms with Crippen LogP contribution in [0.1, 0.15) is 33.4 Å². The first-order valence-corrected chi connectivity index (χ1v) is 9.68. The molecule has 0 saturated carbocycles. The summed E-state index contributed by atoms with van der Waals surface area (Å²) < 4.78 is 5.57. The van der Waals surface area contributed by atoms with Crippen LogP contribution in [0.5, 0.6) is 5.75 Å². The molecule has 0 radical (unpaired) electrons. The second-order valence-electron chi connectivity index (χ2n) is 7.07. The molecular formula is C23H22N4O3. The van der Waals surface area contributed by atoms with Crippen LogP contribution in [-0.2, 0) is 4.79 Å². The van der Waals surface area contributed by atoms with Crippen molar-refractivity contribution in [1.82, 2.24) is 10.3 Å². The van der Waals surface area contributed by atoms with Gasteiger partial charge in [0.2, 0.25) is 5.91 Å². The predicted octanol–water partition coefficient (Wildman–Crippen LogP) is 2.63. The van der Waals surface area contributed by atoms with Crippen LogP contribution in [0.25, 0.3) is 0 Å². The zero-order valence-corrected chi connectivity index (χ0v) is 16.2. The third-order valence-corrected chi connectivity index (χ3v) is 5.05. The van der Waals surface area contributed by atoms with Gasteiger partial charge in [-0.3, -0.25) is 14.6 Å². The van der Waals surface area contributed by atoms with Crippen LogP contribution in [0.3, 0.4) is 0 Å². The van der Waals surface area contributed by atoms with E-state index in [2.05, 4.69) is 15.6 Å². The smallest absolute Gasteiger partial charge is 0.255 e. The number of nitrogens with one attached hydrogen (secondary N) is 2. The molecule has 4 rings (SSSR count). The van der Waals surface area contributed by atoms with Crippen LogP contribution >= 0.6 is 0 Å². The van der Waals surface area contributed by atoms with Crippen molar-refractivity contribution in [3.63, 3.8) is 0 Å². The molecule has 2 aromatic carbocycles. The Balaban J connectivity index is 1.32. The Labute approximate surface area is 174 Å². The Hall–Kier alpha value is -3.71. The van der Waals surface area contributed by atoms with Gasteiger partial charge in [-0.2, -0.15) is 0 Å². The number of nitrogens with zero attached hydrogens (tertiary/aromatic N) is 1. The lowest BCUT2D eigenvalue weighted by Gasteiger charge is -2.16. The molecule has 2 atom stereocenters. The van der Waals surface area contributed by atoms with E-state index in [1.165, 1.54) is 0 Å². The van der Waals surface area contributed by atoms with Crippen LogP contribution in [0.2, 0.25) is 0 Å². The van der Waals surface area contributed by atoms with Crippen molar-refractivity contribution < 1.29 is 14.3 Å². The highest BCUT2D eigenvalue weighted by molar-refractivity contribution is 6.04. The maximum Gasteiger partial charge on any atom is 0.255 e. The van der Waals surface area contributed by atoms with Gasteiger partial charge in [0.25, 0.3) is 5.91 Å². The maximum absolute atomic E-state index is 12.6. The Morgan fingerprint density at radius 1 is 1.07 bits per heavy atom. The Morgan fingerprint density at radius 2 is 1.80 bits per heavy atom. The lowest BCUT2D eigenvalue weighted by molar-refractivity contribution is -0.122. The minimum atomic E-state index is -0.385. The molecule has 0 saturated heterocycles. The van der Waals surface area contributed by atoms with Crippen LogP contribution in [-0.4, -0.2) is 29.9 Å². The van der Waals surface area contributed by atoms with E-state index in [9.17, 15) is 9.59 Å². The van der Waals surface area contributed by atoms with Gasteiger partial charge in [0.15, 0.2) is 0 Å². The lowest BCUT2D eigenvalue weighted by Crippen LogP contribution is -2.35. The van der Waals surface area contributed by atoms with Crippen LogP contribution in [0, 0.1) is 0 Å². The molecule has 152 valence electrons. The van der Waals surface area contributed by atoms with E-state index in [1.54, 1.807) is 48.8 Å². The Kier molecular flexibility index (Phi) is 5.72. The minimum absolute atomic E-state index is 0.108. The summed E-state index contributed by atoms with van der Waals surface area (Å²) in [5.41, 5.74) is 9.16. The Morgan fingerprint density at radius 3 is 2.57 bits per heavy atom. The fourth-order valence-electron chi connectivity index (χ4n) is 3.35. The van der Waals surface area contributed by atoms with Gasteiger partial charge >= 0.3 is 0 Å². The number of fused-ring (bicyclic) bond motifs is 1. The normalized spacial score (nSPS) is 15.6. The molecule has 0 bridgehead atoms. The van der Waals surface area contributed by atoms with Gasteiger partial charge in [0.1, 0.15) is 18.3 Å². The number of hydrogen-bond donors (Lipinski definition) is 3. The van der Waals surface area contributed by atoms with Gasteiger partial charge in [0, 0.05) is 41.8 Å². The SMILES string of the molecule is N[C@@H](CNC(=O)C1COc2ccccc21)c1ccc(C(=O)Nc2ccncc2)cc1. The fourth-order valence-corrected chi connectivity index (χ4v) is 3.35. The van der Waals surface area contributed by atoms with Gasteiger partial charge in [-0.05, 0) is 35.9 Å². The van der Waals surface area contributed by atoms with Crippen molar-refractivity contribution in [2.24, 2.45) is 5.73 Å². The molecule has 7 heteroatoms. The summed E-state index contributed by atoms with van der Waals surface area (Å²) >= 11 is 0. The predicted molar refractivity (Wildman–Crippen MR) is 113 cm³/mol. The average Bonchev–Trinajstić information content (AvgIpc) is 3.22. The summed E-state index contributed by atoms with van der Waals surface area (Å²) in [6.45, 7) is 0.627. The van der Waals surface area contributed by atoms with Gasteiger partial charge in [-0.1, -0.05) is 30.3 Å². The molecule has 2 heterocycles. The number of rotatable bonds is 6. The molecule has 0 spiro atoms. The summed E-state index contributed by atoms with van der Waals surface area (Å²) in [5.74, 6) is 0.105. The molecule has 4 N–H and O–H groups in total. The van der Waals surface area contributed by atoms with Crippen molar-refractivity contribution in [2.45, 2.75) is 12.0 Å². The van der Waals surface area contributed by atoms with E-state index < -0.39 is 0 Å². The van der Waals surface area contributed by atoms with E-state index in [-0.39, 0.29) is 23.8 Å². The van der Waals surface area contributed by atoms with Crippen LogP contribution < -0.4 is 21.1 Å². The van der Waals surface area contributed by atoms with E-state index in [0.717, 1.165) is 16.9 Å². The second kappa shape index (κ2) is 8.75. The number of pyridine rings is 1. The highest BCUT2D eigenvalue weighted by atomic mass is 16.5. The van der Waals surface area contributed by atoms with E-state index >= 15 is 0 Å². The number of nitrogens with two attached hydrogens (primary N) is 1. The molecular weight excluding hydrogens is 380 g/mol. The molecule has 0 fully saturated rings. The van der Waals surface area contributed by atoms with E-state index in [0.29, 0.717) is 24.4 Å². The van der Waals surface area contributed by atoms with Crippen LogP contribution in [0.15, 0.2) is 73.1 Å². The van der Waals surface area contributed by atoms with Crippen LogP contribution in [0.4, 0.5) is 5.69 Å². The number of aromatic nitrogens is 1. The first-order valence-electron chi connectivity index (χ1n) is 9.68. The number of anilines is 1. The quantitative estimate of drug-likeness (QED) is 0.588. The lowest BCUT2D eigenvalue weighted by atomic mass is 10.00. The third kappa shape index (κ3) is 4.31. The van der Waals surface area contributed by atoms with Crippen molar-refractivity contribution in [2.75, 3.05) is 18.5 Å². The molecule has 30 heavy (non-hydrogen) atoms. The van der Waals surface area contributed by atoms with Crippen molar-refractivity contribution in [1.29, 1.82) is 0 Å². The number of benzene rings is 2. The average molecular weight is 402 g/mol. The highest BCUT2D eigenvalue weighted by Crippen LogP contribution is 2.33. The second-order valence-corrected chi connectivity index (χ2v) is 7.07. The molecule has 1 aromatic heterocycles. The molecule has 1 unspecified atom stereocenters. The topological polar surface area (TPSA) is 106 Å². The van der Waals surface area contributed by atoms with Crippen molar-refractivity contribution >= 4 is 17.5 Å². The number of carbonyl (C=O) groups excluding carboxylic acids is 2. The van der Waals surface area contributed by atoms with E-state index in [4.69, 9.17) is 10.5 Å². The van der Waals surface area contributed by atoms with E-state index in [1.807, 2.05) is 24.3 Å². The first kappa shape index (κ1) is 19.6. The third-order valence-electron chi connectivity index (χ3n) is 5.05. The molecule has 0 aliphatic carbocycles. The summed E-state index contributed by atoms with van der Waals surface area (Å²) in [7, 11) is 0. The monoisotopic (exact) mass is 402 g/mol.